The molecule has 0 aliphatic heterocycles. The van der Waals surface area contributed by atoms with Gasteiger partial charge in [0.15, 0.2) is 0 Å². The molecule has 0 spiro atoms. The van der Waals surface area contributed by atoms with Crippen LogP contribution in [0.15, 0.2) is 4.52 Å². The maximum Gasteiger partial charge on any atom is 0.240 e. The Morgan fingerprint density at radius 2 is 1.95 bits per heavy atom. The average molecular weight is 316 g/mol. The maximum absolute atomic E-state index is 12.3. The van der Waals surface area contributed by atoms with Crippen LogP contribution in [0, 0.1) is 0 Å². The molecule has 0 bridgehead atoms. The predicted octanol–water partition coefficient (Wildman–Crippen LogP) is 2.50. The van der Waals surface area contributed by atoms with Crippen LogP contribution in [0.4, 0.5) is 0 Å². The van der Waals surface area contributed by atoms with Crippen molar-refractivity contribution in [3.05, 3.63) is 17.0 Å². The number of nitrogens with one attached hydrogen (secondary N) is 1. The van der Waals surface area contributed by atoms with E-state index in [0.29, 0.717) is 6.54 Å². The van der Waals surface area contributed by atoms with Gasteiger partial charge in [0.25, 0.3) is 0 Å². The summed E-state index contributed by atoms with van der Waals surface area (Å²) in [5.74, 6) is 0.819. The molecule has 1 heterocycles. The van der Waals surface area contributed by atoms with E-state index in [4.69, 9.17) is 10.3 Å². The number of amides is 1. The first-order valence-corrected chi connectivity index (χ1v) is 7.64. The predicted molar refractivity (Wildman–Crippen MR) is 84.4 cm³/mol. The Kier molecular flexibility index (Phi) is 6.68. The van der Waals surface area contributed by atoms with Gasteiger partial charge in [0.05, 0.1) is 11.2 Å². The number of hydrogen-bond donors (Lipinski definition) is 2. The van der Waals surface area contributed by atoms with Crippen LogP contribution in [-0.4, -0.2) is 16.6 Å². The molecule has 1 saturated carbocycles. The highest BCUT2D eigenvalue weighted by Crippen LogP contribution is 2.26. The Hall–Kier alpha value is -1.07. The van der Waals surface area contributed by atoms with Gasteiger partial charge in [-0.25, -0.2) is 0 Å². The number of carbonyl (C=O) groups excluding carboxylic acids is 1. The minimum absolute atomic E-state index is 0. The zero-order valence-corrected chi connectivity index (χ0v) is 13.7. The second-order valence-corrected chi connectivity index (χ2v) is 5.64. The van der Waals surface area contributed by atoms with Crippen molar-refractivity contribution in [3.63, 3.8) is 0 Å². The zero-order valence-electron chi connectivity index (χ0n) is 12.9. The summed E-state index contributed by atoms with van der Waals surface area (Å²) in [6, 6.07) is 0. The Labute approximate surface area is 132 Å². The number of hydrogen-bond acceptors (Lipinski definition) is 4. The summed E-state index contributed by atoms with van der Waals surface area (Å²) in [6.45, 7) is 4.53. The van der Waals surface area contributed by atoms with Crippen LogP contribution in [0.3, 0.4) is 0 Å². The molecule has 21 heavy (non-hydrogen) atoms. The number of aryl methyl sites for hydroxylation is 2. The van der Waals surface area contributed by atoms with Gasteiger partial charge in [-0.1, -0.05) is 38.3 Å². The molecule has 1 aromatic rings. The maximum atomic E-state index is 12.3. The van der Waals surface area contributed by atoms with Gasteiger partial charge < -0.3 is 15.6 Å². The number of nitrogens with zero attached hydrogens (tertiary/aromatic N) is 1. The molecular formula is C15H26ClN3O2. The third-order valence-electron chi connectivity index (χ3n) is 4.23. The molecule has 6 heteroatoms. The summed E-state index contributed by atoms with van der Waals surface area (Å²) in [5.41, 5.74) is 7.49. The fourth-order valence-corrected chi connectivity index (χ4v) is 2.89. The quantitative estimate of drug-likeness (QED) is 0.874. The van der Waals surface area contributed by atoms with Crippen molar-refractivity contribution < 1.29 is 9.32 Å². The smallest absolute Gasteiger partial charge is 0.240 e. The molecule has 1 fully saturated rings. The van der Waals surface area contributed by atoms with E-state index in [0.717, 1.165) is 55.5 Å². The molecule has 0 aromatic carbocycles. The summed E-state index contributed by atoms with van der Waals surface area (Å²) in [5, 5.41) is 7.04. The van der Waals surface area contributed by atoms with Gasteiger partial charge in [0.1, 0.15) is 5.76 Å². The Morgan fingerprint density at radius 1 is 1.29 bits per heavy atom. The van der Waals surface area contributed by atoms with Crippen LogP contribution in [0.5, 0.6) is 0 Å². The number of aromatic nitrogens is 1. The molecule has 0 unspecified atom stereocenters. The highest BCUT2D eigenvalue weighted by Gasteiger charge is 2.35. The molecule has 0 atom stereocenters. The first kappa shape index (κ1) is 18.0. The second kappa shape index (κ2) is 7.80. The molecule has 1 aliphatic rings. The Balaban J connectivity index is 0.00000220. The van der Waals surface area contributed by atoms with Gasteiger partial charge in [-0.05, 0) is 19.3 Å². The minimum atomic E-state index is -0.686. The van der Waals surface area contributed by atoms with Gasteiger partial charge in [0, 0.05) is 18.5 Å². The van der Waals surface area contributed by atoms with Gasteiger partial charge in [0.2, 0.25) is 5.91 Å². The fourth-order valence-electron chi connectivity index (χ4n) is 2.89. The van der Waals surface area contributed by atoms with Crippen LogP contribution in [0.1, 0.15) is 63.0 Å². The fraction of sp³-hybridized carbons (Fsp3) is 0.733. The van der Waals surface area contributed by atoms with E-state index in [9.17, 15) is 4.79 Å². The summed E-state index contributed by atoms with van der Waals surface area (Å²) < 4.78 is 5.31. The number of rotatable bonds is 5. The van der Waals surface area contributed by atoms with Crippen molar-refractivity contribution in [3.8, 4) is 0 Å². The second-order valence-electron chi connectivity index (χ2n) is 5.64. The lowest BCUT2D eigenvalue weighted by molar-refractivity contribution is -0.127. The molecule has 0 radical (unpaired) electrons. The number of carbonyl (C=O) groups is 1. The molecule has 2 rings (SSSR count). The molecule has 120 valence electrons. The van der Waals surface area contributed by atoms with Gasteiger partial charge in [-0.2, -0.15) is 0 Å². The standard InChI is InChI=1S/C15H25N3O2.ClH/c1-3-12-11(13(4-2)20-18-12)10-17-14(19)15(16)8-6-5-7-9-15;/h3-10,16H2,1-2H3,(H,17,19);1H. The van der Waals surface area contributed by atoms with Gasteiger partial charge in [-0.15, -0.1) is 12.4 Å². The largest absolute Gasteiger partial charge is 0.361 e. The van der Waals surface area contributed by atoms with Crippen molar-refractivity contribution in [2.24, 2.45) is 5.73 Å². The molecule has 1 amide bonds. The van der Waals surface area contributed by atoms with Crippen molar-refractivity contribution in [1.82, 2.24) is 10.5 Å². The molecule has 5 nitrogen and oxygen atoms in total. The highest BCUT2D eigenvalue weighted by atomic mass is 35.5. The lowest BCUT2D eigenvalue weighted by Crippen LogP contribution is -2.54. The first-order valence-electron chi connectivity index (χ1n) is 7.64. The van der Waals surface area contributed by atoms with Gasteiger partial charge >= 0.3 is 0 Å². The summed E-state index contributed by atoms with van der Waals surface area (Å²) in [7, 11) is 0. The SMILES string of the molecule is CCc1noc(CC)c1CNC(=O)C1(N)CCCCC1.Cl. The average Bonchev–Trinajstić information content (AvgIpc) is 2.87. The van der Waals surface area contributed by atoms with Crippen molar-refractivity contribution >= 4 is 18.3 Å². The molecule has 0 saturated heterocycles. The lowest BCUT2D eigenvalue weighted by Gasteiger charge is -2.31. The molecule has 1 aliphatic carbocycles. The normalized spacial score (nSPS) is 17.1. The third-order valence-corrected chi connectivity index (χ3v) is 4.23. The first-order chi connectivity index (χ1) is 9.60. The van der Waals surface area contributed by atoms with E-state index in [2.05, 4.69) is 10.5 Å². The van der Waals surface area contributed by atoms with Crippen molar-refractivity contribution in [1.29, 1.82) is 0 Å². The van der Waals surface area contributed by atoms with E-state index >= 15 is 0 Å². The Bertz CT molecular complexity index is 446. The van der Waals surface area contributed by atoms with Crippen LogP contribution in [-0.2, 0) is 24.2 Å². The van der Waals surface area contributed by atoms with E-state index < -0.39 is 5.54 Å². The monoisotopic (exact) mass is 315 g/mol. The molecule has 3 N–H and O–H groups in total. The van der Waals surface area contributed by atoms with Crippen LogP contribution in [0.25, 0.3) is 0 Å². The molecular weight excluding hydrogens is 290 g/mol. The van der Waals surface area contributed by atoms with Crippen LogP contribution < -0.4 is 11.1 Å². The highest BCUT2D eigenvalue weighted by molar-refractivity contribution is 5.86. The van der Waals surface area contributed by atoms with E-state index in [1.54, 1.807) is 0 Å². The minimum Gasteiger partial charge on any atom is -0.361 e. The number of halogens is 1. The molecule has 1 aromatic heterocycles. The van der Waals surface area contributed by atoms with Crippen molar-refractivity contribution in [2.75, 3.05) is 0 Å². The van der Waals surface area contributed by atoms with Gasteiger partial charge in [-0.3, -0.25) is 4.79 Å². The van der Waals surface area contributed by atoms with E-state index in [-0.39, 0.29) is 18.3 Å². The van der Waals surface area contributed by atoms with Crippen LogP contribution in [0.2, 0.25) is 0 Å². The summed E-state index contributed by atoms with van der Waals surface area (Å²) in [6.07, 6.45) is 6.41. The zero-order chi connectivity index (χ0) is 14.6. The summed E-state index contributed by atoms with van der Waals surface area (Å²) >= 11 is 0. The topological polar surface area (TPSA) is 81.2 Å². The number of nitrogens with two attached hydrogens (primary N) is 1. The Morgan fingerprint density at radius 3 is 2.52 bits per heavy atom. The third kappa shape index (κ3) is 3.98. The van der Waals surface area contributed by atoms with Crippen molar-refractivity contribution in [2.45, 2.75) is 70.9 Å². The summed E-state index contributed by atoms with van der Waals surface area (Å²) in [4.78, 5) is 12.3. The van der Waals surface area contributed by atoms with E-state index in [1.165, 1.54) is 6.42 Å². The van der Waals surface area contributed by atoms with Crippen LogP contribution >= 0.6 is 12.4 Å². The van der Waals surface area contributed by atoms with E-state index in [1.807, 2.05) is 13.8 Å². The lowest BCUT2D eigenvalue weighted by atomic mass is 9.82.